The molecule has 1 atom stereocenters. The van der Waals surface area contributed by atoms with Crippen molar-refractivity contribution in [1.82, 2.24) is 15.0 Å². The highest BCUT2D eigenvalue weighted by atomic mass is 16.6. The minimum absolute atomic E-state index is 0.0821. The van der Waals surface area contributed by atoms with Gasteiger partial charge in [0.25, 0.3) is 5.65 Å². The third-order valence-corrected chi connectivity index (χ3v) is 2.95. The molecule has 0 aromatic carbocycles. The molecular weight excluding hydrogens is 318 g/mol. The summed E-state index contributed by atoms with van der Waals surface area (Å²) in [5.74, 6) is -0.880. The lowest BCUT2D eigenvalue weighted by Gasteiger charge is -2.16. The van der Waals surface area contributed by atoms with Crippen molar-refractivity contribution in [1.29, 1.82) is 0 Å². The van der Waals surface area contributed by atoms with E-state index in [-0.39, 0.29) is 19.1 Å². The van der Waals surface area contributed by atoms with Gasteiger partial charge in [0.2, 0.25) is 18.1 Å². The summed E-state index contributed by atoms with van der Waals surface area (Å²) in [5, 5.41) is 2.60. The molecule has 0 bridgehead atoms. The van der Waals surface area contributed by atoms with Crippen molar-refractivity contribution in [2.24, 2.45) is 0 Å². The van der Waals surface area contributed by atoms with Gasteiger partial charge in [0.15, 0.2) is 17.9 Å². The van der Waals surface area contributed by atoms with Crippen LogP contribution in [0.5, 0.6) is 0 Å². The molecule has 10 nitrogen and oxygen atoms in total. The van der Waals surface area contributed by atoms with Gasteiger partial charge in [-0.15, -0.1) is 0 Å². The molecule has 0 spiro atoms. The summed E-state index contributed by atoms with van der Waals surface area (Å²) in [7, 11) is 0. The minimum Gasteiger partial charge on any atom is -0.462 e. The molecule has 2 aromatic heterocycles. The van der Waals surface area contributed by atoms with Crippen molar-refractivity contribution in [3.05, 3.63) is 12.7 Å². The molecule has 0 aliphatic heterocycles. The van der Waals surface area contributed by atoms with E-state index in [4.69, 9.17) is 9.47 Å². The molecule has 2 rings (SSSR count). The number of aromatic nitrogens is 4. The van der Waals surface area contributed by atoms with E-state index in [0.717, 1.165) is 0 Å². The lowest BCUT2D eigenvalue weighted by Crippen LogP contribution is -2.44. The molecule has 2 aromatic rings. The Morgan fingerprint density at radius 1 is 1.25 bits per heavy atom. The van der Waals surface area contributed by atoms with Gasteiger partial charge in [-0.05, 0) is 0 Å². The van der Waals surface area contributed by atoms with Gasteiger partial charge < -0.3 is 14.5 Å². The van der Waals surface area contributed by atoms with Gasteiger partial charge in [-0.3, -0.25) is 19.7 Å². The van der Waals surface area contributed by atoms with Crippen LogP contribution >= 0.6 is 0 Å². The Balaban J connectivity index is 2.26. The number of carbonyl (C=O) groups is 3. The molecule has 2 N–H and O–H groups in total. The second kappa shape index (κ2) is 7.49. The van der Waals surface area contributed by atoms with Gasteiger partial charge in [-0.25, -0.2) is 4.57 Å². The van der Waals surface area contributed by atoms with E-state index in [1.165, 1.54) is 33.4 Å². The van der Waals surface area contributed by atoms with Crippen LogP contribution in [0.4, 0.5) is 5.82 Å². The zero-order valence-corrected chi connectivity index (χ0v) is 13.5. The molecule has 0 saturated carbocycles. The standard InChI is InChI=1S/C14H17N5O5/c1-8(20)18-13-12-14(16-6-15-12)19(7-17-13)4-11(24-10(3)22)5-23-9(2)21/h6-7,11H,4-5H2,1-3H3,(H,15,16,18,20)/p+1/t11-/m1/s1. The number of anilines is 1. The summed E-state index contributed by atoms with van der Waals surface area (Å²) < 4.78 is 11.7. The summed E-state index contributed by atoms with van der Waals surface area (Å²) in [6.45, 7) is 4.02. The van der Waals surface area contributed by atoms with Gasteiger partial charge in [0, 0.05) is 20.8 Å². The second-order valence-corrected chi connectivity index (χ2v) is 5.06. The zero-order chi connectivity index (χ0) is 17.7. The predicted molar refractivity (Wildman–Crippen MR) is 80.6 cm³/mol. The van der Waals surface area contributed by atoms with E-state index in [0.29, 0.717) is 17.0 Å². The number of nitrogens with one attached hydrogen (secondary N) is 2. The predicted octanol–water partition coefficient (Wildman–Crippen LogP) is -0.301. The minimum atomic E-state index is -0.690. The molecule has 0 saturated heterocycles. The SMILES string of the molecule is CC(=O)Nc1nc[n+](C[C@H](COC(C)=O)OC(C)=O)c2nc[nH]c12. The first-order chi connectivity index (χ1) is 11.4. The van der Waals surface area contributed by atoms with Crippen LogP contribution in [0.2, 0.25) is 0 Å². The van der Waals surface area contributed by atoms with Crippen LogP contribution in [0.1, 0.15) is 20.8 Å². The van der Waals surface area contributed by atoms with Crippen molar-refractivity contribution < 1.29 is 28.4 Å². The molecular formula is C14H18N5O5+. The molecule has 128 valence electrons. The first kappa shape index (κ1) is 17.3. The third kappa shape index (κ3) is 4.48. The van der Waals surface area contributed by atoms with Crippen LogP contribution < -0.4 is 9.88 Å². The van der Waals surface area contributed by atoms with Gasteiger partial charge in [0.05, 0.1) is 0 Å². The average molecular weight is 336 g/mol. The highest BCUT2D eigenvalue weighted by Gasteiger charge is 2.22. The number of H-pyrrole nitrogens is 1. The lowest BCUT2D eigenvalue weighted by atomic mass is 10.3. The summed E-state index contributed by atoms with van der Waals surface area (Å²) in [4.78, 5) is 44.6. The molecule has 0 radical (unpaired) electrons. The first-order valence-corrected chi connectivity index (χ1v) is 7.16. The summed E-state index contributed by atoms with van der Waals surface area (Å²) >= 11 is 0. The van der Waals surface area contributed by atoms with Crippen molar-refractivity contribution in [2.45, 2.75) is 33.4 Å². The van der Waals surface area contributed by atoms with Crippen molar-refractivity contribution >= 4 is 34.8 Å². The molecule has 1 amide bonds. The lowest BCUT2D eigenvalue weighted by molar-refractivity contribution is -0.682. The highest BCUT2D eigenvalue weighted by Crippen LogP contribution is 2.13. The monoisotopic (exact) mass is 336 g/mol. The number of nitrogens with zero attached hydrogens (tertiary/aromatic N) is 3. The van der Waals surface area contributed by atoms with Crippen LogP contribution in [0.15, 0.2) is 12.7 Å². The number of ether oxygens (including phenoxy) is 2. The Hall–Kier alpha value is -3.04. The number of hydrogen-bond acceptors (Lipinski definition) is 7. The number of esters is 2. The van der Waals surface area contributed by atoms with E-state index in [1.807, 2.05) is 0 Å². The number of hydrogen-bond donors (Lipinski definition) is 2. The van der Waals surface area contributed by atoms with Crippen molar-refractivity contribution in [3.63, 3.8) is 0 Å². The van der Waals surface area contributed by atoms with Crippen molar-refractivity contribution in [2.75, 3.05) is 11.9 Å². The number of carbonyl (C=O) groups excluding carboxylic acids is 3. The molecule has 24 heavy (non-hydrogen) atoms. The molecule has 10 heteroatoms. The number of imidazole rings is 1. The number of fused-ring (bicyclic) bond motifs is 1. The fourth-order valence-corrected chi connectivity index (χ4v) is 2.11. The smallest absolute Gasteiger partial charge is 0.303 e. The molecule has 0 aliphatic rings. The van der Waals surface area contributed by atoms with Crippen molar-refractivity contribution in [3.8, 4) is 0 Å². The van der Waals surface area contributed by atoms with Gasteiger partial charge in [-0.2, -0.15) is 0 Å². The number of amides is 1. The van der Waals surface area contributed by atoms with E-state index >= 15 is 0 Å². The molecule has 0 fully saturated rings. The van der Waals surface area contributed by atoms with Gasteiger partial charge in [-0.1, -0.05) is 9.97 Å². The number of aromatic amines is 1. The summed E-state index contributed by atoms with van der Waals surface area (Å²) in [6.07, 6.45) is 2.23. The number of rotatable bonds is 6. The van der Waals surface area contributed by atoms with Gasteiger partial charge >= 0.3 is 11.9 Å². The normalized spacial score (nSPS) is 11.8. The quantitative estimate of drug-likeness (QED) is 0.547. The average Bonchev–Trinajstić information content (AvgIpc) is 2.96. The van der Waals surface area contributed by atoms with Crippen LogP contribution in [0, 0.1) is 0 Å². The fourth-order valence-electron chi connectivity index (χ4n) is 2.11. The van der Waals surface area contributed by atoms with E-state index in [9.17, 15) is 14.4 Å². The van der Waals surface area contributed by atoms with Crippen LogP contribution in [0.3, 0.4) is 0 Å². The van der Waals surface area contributed by atoms with E-state index < -0.39 is 18.0 Å². The topological polar surface area (TPSA) is 127 Å². The maximum absolute atomic E-state index is 11.2. The van der Waals surface area contributed by atoms with Crippen LogP contribution in [0.25, 0.3) is 11.2 Å². The maximum Gasteiger partial charge on any atom is 0.303 e. The Morgan fingerprint density at radius 2 is 2.00 bits per heavy atom. The van der Waals surface area contributed by atoms with Gasteiger partial charge in [0.1, 0.15) is 13.2 Å². The Kier molecular flexibility index (Phi) is 5.40. The second-order valence-electron chi connectivity index (χ2n) is 5.06. The largest absolute Gasteiger partial charge is 0.462 e. The van der Waals surface area contributed by atoms with E-state index in [2.05, 4.69) is 20.3 Å². The highest BCUT2D eigenvalue weighted by molar-refractivity contribution is 5.94. The molecule has 0 unspecified atom stereocenters. The fraction of sp³-hybridized carbons (Fsp3) is 0.429. The van der Waals surface area contributed by atoms with Crippen LogP contribution in [-0.4, -0.2) is 45.5 Å². The summed E-state index contributed by atoms with van der Waals surface area (Å²) in [6, 6.07) is 0. The van der Waals surface area contributed by atoms with E-state index in [1.54, 1.807) is 4.57 Å². The maximum atomic E-state index is 11.2. The van der Waals surface area contributed by atoms with Crippen LogP contribution in [-0.2, 0) is 30.4 Å². The summed E-state index contributed by atoms with van der Waals surface area (Å²) in [5.41, 5.74) is 1.04. The molecule has 0 aliphatic carbocycles. The Labute approximate surface area is 137 Å². The first-order valence-electron chi connectivity index (χ1n) is 7.16. The Morgan fingerprint density at radius 3 is 2.62 bits per heavy atom. The molecule has 2 heterocycles. The zero-order valence-electron chi connectivity index (χ0n) is 13.5. The third-order valence-electron chi connectivity index (χ3n) is 2.95. The Bertz CT molecular complexity index is 772.